The van der Waals surface area contributed by atoms with Crippen LogP contribution in [-0.2, 0) is 4.79 Å². The lowest BCUT2D eigenvalue weighted by atomic mass is 10.2. The van der Waals surface area contributed by atoms with Gasteiger partial charge < -0.3 is 10.1 Å². The molecule has 11 heteroatoms. The maximum absolute atomic E-state index is 12.8. The number of hydrogen-bond donors (Lipinski definition) is 1. The summed E-state index contributed by atoms with van der Waals surface area (Å²) in [5.41, 5.74) is 0.507. The summed E-state index contributed by atoms with van der Waals surface area (Å²) in [6, 6.07) is 8.04. The van der Waals surface area contributed by atoms with Gasteiger partial charge in [-0.05, 0) is 17.7 Å². The molecule has 0 saturated carbocycles. The van der Waals surface area contributed by atoms with Gasteiger partial charge in [0, 0.05) is 24.3 Å². The zero-order chi connectivity index (χ0) is 20.7. The monoisotopic (exact) mass is 399 g/mol. The number of amides is 1. The highest BCUT2D eigenvalue weighted by molar-refractivity contribution is 6.01. The normalized spacial score (nSPS) is 11.6. The Bertz CT molecular complexity index is 873. The molecule has 0 aliphatic carbocycles. The Morgan fingerprint density at radius 2 is 2.07 bits per heavy atom. The highest BCUT2D eigenvalue weighted by Crippen LogP contribution is 2.24. The van der Waals surface area contributed by atoms with E-state index < -0.39 is 29.8 Å². The van der Waals surface area contributed by atoms with Crippen LogP contribution in [0.5, 0.6) is 5.88 Å². The van der Waals surface area contributed by atoms with Crippen LogP contribution in [0.3, 0.4) is 0 Å². The van der Waals surface area contributed by atoms with E-state index in [1.54, 1.807) is 6.07 Å². The summed E-state index contributed by atoms with van der Waals surface area (Å²) >= 11 is 0. The second-order valence-electron chi connectivity index (χ2n) is 5.41. The number of carbonyl (C=O) groups is 1. The van der Waals surface area contributed by atoms with Gasteiger partial charge in [0.05, 0.1) is 16.8 Å². The molecule has 0 atom stereocenters. The van der Waals surface area contributed by atoms with Crippen molar-refractivity contribution < 1.29 is 32.0 Å². The Balaban J connectivity index is 1.92. The first-order chi connectivity index (χ1) is 13.2. The second kappa shape index (κ2) is 8.93. The third-order valence-electron chi connectivity index (χ3n) is 3.24. The molecular weight excluding hydrogens is 386 g/mol. The highest BCUT2D eigenvalue weighted by atomic mass is 19.3. The number of hydrogen-bond acceptors (Lipinski definition) is 5. The smallest absolute Gasteiger partial charge is 0.340 e. The number of nitrogens with zero attached hydrogens (tertiary/aromatic N) is 2. The van der Waals surface area contributed by atoms with Crippen LogP contribution < -0.4 is 10.1 Å². The maximum atomic E-state index is 12.8. The summed E-state index contributed by atoms with van der Waals surface area (Å²) < 4.78 is 54.1. The number of aromatic nitrogens is 1. The minimum absolute atomic E-state index is 0.125. The van der Waals surface area contributed by atoms with Crippen molar-refractivity contribution in [1.82, 2.24) is 4.98 Å². The molecule has 0 fully saturated rings. The van der Waals surface area contributed by atoms with E-state index in [1.165, 1.54) is 30.3 Å². The van der Waals surface area contributed by atoms with Crippen LogP contribution >= 0.6 is 0 Å². The molecule has 1 amide bonds. The minimum atomic E-state index is -4.30. The Labute approximate surface area is 155 Å². The van der Waals surface area contributed by atoms with Gasteiger partial charge in [0.2, 0.25) is 11.8 Å². The number of carbonyl (C=O) groups excluding carboxylic acids is 1. The lowest BCUT2D eigenvalue weighted by Gasteiger charge is -2.15. The molecule has 7 nitrogen and oxygen atoms in total. The van der Waals surface area contributed by atoms with Gasteiger partial charge in [-0.1, -0.05) is 12.1 Å². The highest BCUT2D eigenvalue weighted by Gasteiger charge is 2.41. The first kappa shape index (κ1) is 20.8. The predicted molar refractivity (Wildman–Crippen MR) is 91.4 cm³/mol. The van der Waals surface area contributed by atoms with E-state index in [0.29, 0.717) is 5.56 Å². The lowest BCUT2D eigenvalue weighted by molar-refractivity contribution is -0.384. The molecular formula is C17H13F4N3O4. The van der Waals surface area contributed by atoms with Gasteiger partial charge in [-0.25, -0.2) is 13.8 Å². The molecule has 0 saturated heterocycles. The summed E-state index contributed by atoms with van der Waals surface area (Å²) in [5.74, 6) is -5.19. The molecule has 1 aromatic heterocycles. The van der Waals surface area contributed by atoms with E-state index in [4.69, 9.17) is 0 Å². The van der Waals surface area contributed by atoms with Crippen molar-refractivity contribution in [3.8, 4) is 5.88 Å². The average Bonchev–Trinajstić information content (AvgIpc) is 2.66. The minimum Gasteiger partial charge on any atom is -0.471 e. The molecule has 1 N–H and O–H groups in total. The maximum Gasteiger partial charge on any atom is 0.340 e. The first-order valence-electron chi connectivity index (χ1n) is 7.66. The fraction of sp³-hybridized carbons (Fsp3) is 0.176. The number of non-ortho nitro benzene ring substituents is 1. The van der Waals surface area contributed by atoms with Crippen LogP contribution in [0.25, 0.3) is 6.08 Å². The molecule has 0 aliphatic heterocycles. The molecule has 0 unspecified atom stereocenters. The standard InChI is InChI=1S/C17H13F4N3O4/c18-16(19)17(20,21)10-28-15-7-5-12(9-22-15)23-14(25)6-4-11-2-1-3-13(8-11)24(26)27/h1-9,16H,10H2,(H,23,25). The van der Waals surface area contributed by atoms with Gasteiger partial charge >= 0.3 is 12.3 Å². The lowest BCUT2D eigenvalue weighted by Crippen LogP contribution is -2.33. The van der Waals surface area contributed by atoms with Crippen molar-refractivity contribution in [2.45, 2.75) is 12.3 Å². The number of benzene rings is 1. The number of nitrogens with one attached hydrogen (secondary N) is 1. The van der Waals surface area contributed by atoms with E-state index in [1.807, 2.05) is 0 Å². The van der Waals surface area contributed by atoms with Crippen LogP contribution in [0, 0.1) is 10.1 Å². The number of rotatable bonds is 8. The molecule has 2 aromatic rings. The fourth-order valence-electron chi connectivity index (χ4n) is 1.87. The third kappa shape index (κ3) is 6.04. The van der Waals surface area contributed by atoms with E-state index in [0.717, 1.165) is 18.3 Å². The van der Waals surface area contributed by atoms with Gasteiger partial charge in [0.25, 0.3) is 5.69 Å². The van der Waals surface area contributed by atoms with Gasteiger partial charge in [-0.15, -0.1) is 0 Å². The molecule has 0 bridgehead atoms. The number of anilines is 1. The Morgan fingerprint density at radius 3 is 2.68 bits per heavy atom. The van der Waals surface area contributed by atoms with Crippen molar-refractivity contribution in [3.05, 3.63) is 64.3 Å². The molecule has 0 radical (unpaired) electrons. The van der Waals surface area contributed by atoms with Crippen molar-refractivity contribution in [1.29, 1.82) is 0 Å². The topological polar surface area (TPSA) is 94.4 Å². The number of nitro benzene ring substituents is 1. The molecule has 28 heavy (non-hydrogen) atoms. The van der Waals surface area contributed by atoms with Gasteiger partial charge in [-0.3, -0.25) is 14.9 Å². The van der Waals surface area contributed by atoms with Crippen LogP contribution in [0.4, 0.5) is 28.9 Å². The van der Waals surface area contributed by atoms with Crippen LogP contribution in [0.2, 0.25) is 0 Å². The van der Waals surface area contributed by atoms with Crippen molar-refractivity contribution in [2.75, 3.05) is 11.9 Å². The SMILES string of the molecule is O=C(C=Cc1cccc([N+](=O)[O-])c1)Nc1ccc(OCC(F)(F)C(F)F)nc1. The quantitative estimate of drug-likeness (QED) is 0.314. The fourth-order valence-corrected chi connectivity index (χ4v) is 1.87. The van der Waals surface area contributed by atoms with E-state index in [2.05, 4.69) is 15.0 Å². The summed E-state index contributed by atoms with van der Waals surface area (Å²) in [5, 5.41) is 13.1. The van der Waals surface area contributed by atoms with E-state index in [-0.39, 0.29) is 17.3 Å². The average molecular weight is 399 g/mol. The van der Waals surface area contributed by atoms with E-state index in [9.17, 15) is 32.5 Å². The molecule has 0 spiro atoms. The number of pyridine rings is 1. The Morgan fingerprint density at radius 1 is 1.32 bits per heavy atom. The van der Waals surface area contributed by atoms with Crippen LogP contribution in [0.1, 0.15) is 5.56 Å². The van der Waals surface area contributed by atoms with Crippen molar-refractivity contribution in [2.24, 2.45) is 0 Å². The predicted octanol–water partition coefficient (Wildman–Crippen LogP) is 3.92. The summed E-state index contributed by atoms with van der Waals surface area (Å²) in [4.78, 5) is 25.6. The van der Waals surface area contributed by atoms with E-state index >= 15 is 0 Å². The van der Waals surface area contributed by atoms with Crippen LogP contribution in [-0.4, -0.2) is 34.8 Å². The van der Waals surface area contributed by atoms with Gasteiger partial charge in [0.1, 0.15) is 0 Å². The second-order valence-corrected chi connectivity index (χ2v) is 5.41. The van der Waals surface area contributed by atoms with Crippen molar-refractivity contribution >= 4 is 23.4 Å². The molecule has 148 valence electrons. The zero-order valence-corrected chi connectivity index (χ0v) is 14.0. The Kier molecular flexibility index (Phi) is 6.64. The third-order valence-corrected chi connectivity index (χ3v) is 3.24. The Hall–Kier alpha value is -3.50. The van der Waals surface area contributed by atoms with Crippen molar-refractivity contribution in [3.63, 3.8) is 0 Å². The molecule has 1 heterocycles. The summed E-state index contributed by atoms with van der Waals surface area (Å²) in [6.45, 7) is -1.53. The van der Waals surface area contributed by atoms with Crippen LogP contribution in [0.15, 0.2) is 48.7 Å². The number of nitro groups is 1. The molecule has 2 rings (SSSR count). The van der Waals surface area contributed by atoms with Gasteiger partial charge in [-0.2, -0.15) is 8.78 Å². The summed E-state index contributed by atoms with van der Waals surface area (Å²) in [7, 11) is 0. The first-order valence-corrected chi connectivity index (χ1v) is 7.66. The number of alkyl halides is 4. The van der Waals surface area contributed by atoms with Gasteiger partial charge in [0.15, 0.2) is 6.61 Å². The number of ether oxygens (including phenoxy) is 1. The molecule has 1 aromatic carbocycles. The summed E-state index contributed by atoms with van der Waals surface area (Å²) in [6.07, 6.45) is -0.273. The number of halogens is 4. The molecule has 0 aliphatic rings. The largest absolute Gasteiger partial charge is 0.471 e. The zero-order valence-electron chi connectivity index (χ0n) is 14.0.